The first-order chi connectivity index (χ1) is 12.1. The molecule has 1 amide bonds. The van der Waals surface area contributed by atoms with Gasteiger partial charge in [-0.25, -0.2) is 8.78 Å². The van der Waals surface area contributed by atoms with Crippen LogP contribution in [0, 0.1) is 11.6 Å². The Labute approximate surface area is 167 Å². The second-order valence-corrected chi connectivity index (χ2v) is 5.09. The molecule has 26 heavy (non-hydrogen) atoms. The molecule has 0 fully saturated rings. The highest BCUT2D eigenvalue weighted by Crippen LogP contribution is 2.08. The van der Waals surface area contributed by atoms with Gasteiger partial charge in [-0.3, -0.25) is 14.8 Å². The fraction of sp³-hybridized carbons (Fsp3) is 0.235. The molecule has 0 spiro atoms. The van der Waals surface area contributed by atoms with E-state index in [1.165, 1.54) is 6.20 Å². The summed E-state index contributed by atoms with van der Waals surface area (Å²) in [4.78, 5) is 19.7. The van der Waals surface area contributed by atoms with Crippen LogP contribution in [-0.4, -0.2) is 37.0 Å². The van der Waals surface area contributed by atoms with E-state index in [-0.39, 0.29) is 42.0 Å². The largest absolute Gasteiger partial charge is 0.355 e. The average molecular weight is 475 g/mol. The molecular formula is C17H20F2IN5O. The molecule has 0 aliphatic carbocycles. The smallest absolute Gasteiger partial charge is 0.252 e. The third-order valence-electron chi connectivity index (χ3n) is 3.30. The van der Waals surface area contributed by atoms with Gasteiger partial charge in [0.05, 0.1) is 5.56 Å². The first-order valence-corrected chi connectivity index (χ1v) is 7.67. The number of benzene rings is 1. The zero-order chi connectivity index (χ0) is 18.1. The molecule has 1 aromatic carbocycles. The van der Waals surface area contributed by atoms with Crippen LogP contribution in [0.25, 0.3) is 0 Å². The Kier molecular flexibility index (Phi) is 9.48. The number of pyridine rings is 1. The number of carbonyl (C=O) groups excluding carboxylic acids is 1. The molecule has 3 N–H and O–H groups in total. The van der Waals surface area contributed by atoms with Gasteiger partial charge in [0.2, 0.25) is 0 Å². The van der Waals surface area contributed by atoms with Crippen LogP contribution >= 0.6 is 24.0 Å². The van der Waals surface area contributed by atoms with Crippen molar-refractivity contribution in [1.82, 2.24) is 20.9 Å². The van der Waals surface area contributed by atoms with Gasteiger partial charge in [0.1, 0.15) is 11.6 Å². The molecule has 0 aliphatic rings. The lowest BCUT2D eigenvalue weighted by molar-refractivity contribution is 0.0954. The van der Waals surface area contributed by atoms with Crippen molar-refractivity contribution in [3.8, 4) is 0 Å². The van der Waals surface area contributed by atoms with Crippen LogP contribution in [0.5, 0.6) is 0 Å². The summed E-state index contributed by atoms with van der Waals surface area (Å²) in [5, 5.41) is 8.59. The second kappa shape index (κ2) is 11.3. The zero-order valence-corrected chi connectivity index (χ0v) is 16.5. The maximum Gasteiger partial charge on any atom is 0.252 e. The lowest BCUT2D eigenvalue weighted by Crippen LogP contribution is -2.41. The Morgan fingerprint density at radius 3 is 2.62 bits per heavy atom. The molecule has 9 heteroatoms. The van der Waals surface area contributed by atoms with E-state index in [0.717, 1.165) is 18.2 Å². The summed E-state index contributed by atoms with van der Waals surface area (Å²) in [6.45, 7) is 0.866. The summed E-state index contributed by atoms with van der Waals surface area (Å²) in [6, 6.07) is 6.63. The number of carbonyl (C=O) groups is 1. The van der Waals surface area contributed by atoms with Crippen LogP contribution in [0.15, 0.2) is 47.7 Å². The first-order valence-electron chi connectivity index (χ1n) is 7.67. The van der Waals surface area contributed by atoms with E-state index in [1.54, 1.807) is 25.4 Å². The van der Waals surface area contributed by atoms with Crippen molar-refractivity contribution in [2.24, 2.45) is 4.99 Å². The van der Waals surface area contributed by atoms with Gasteiger partial charge < -0.3 is 16.0 Å². The highest BCUT2D eigenvalue weighted by molar-refractivity contribution is 14.0. The second-order valence-electron chi connectivity index (χ2n) is 5.09. The maximum atomic E-state index is 13.6. The van der Waals surface area contributed by atoms with Crippen LogP contribution in [0.1, 0.15) is 15.9 Å². The minimum atomic E-state index is -0.501. The summed E-state index contributed by atoms with van der Waals surface area (Å²) in [7, 11) is 1.56. The van der Waals surface area contributed by atoms with E-state index in [4.69, 9.17) is 0 Å². The molecule has 2 rings (SSSR count). The predicted molar refractivity (Wildman–Crippen MR) is 107 cm³/mol. The van der Waals surface area contributed by atoms with E-state index in [1.807, 2.05) is 0 Å². The van der Waals surface area contributed by atoms with Crippen LogP contribution in [-0.2, 0) is 6.54 Å². The van der Waals surface area contributed by atoms with Crippen LogP contribution < -0.4 is 16.0 Å². The van der Waals surface area contributed by atoms with Gasteiger partial charge in [0, 0.05) is 44.6 Å². The maximum absolute atomic E-state index is 13.6. The molecule has 0 atom stereocenters. The number of nitrogens with zero attached hydrogens (tertiary/aromatic N) is 2. The highest BCUT2D eigenvalue weighted by atomic mass is 127. The Bertz CT molecular complexity index is 743. The van der Waals surface area contributed by atoms with Gasteiger partial charge >= 0.3 is 0 Å². The van der Waals surface area contributed by atoms with Crippen molar-refractivity contribution in [1.29, 1.82) is 0 Å². The van der Waals surface area contributed by atoms with Gasteiger partial charge in [-0.05, 0) is 30.3 Å². The van der Waals surface area contributed by atoms with E-state index >= 15 is 0 Å². The van der Waals surface area contributed by atoms with E-state index in [0.29, 0.717) is 24.6 Å². The van der Waals surface area contributed by atoms with Crippen LogP contribution in [0.3, 0.4) is 0 Å². The minimum absolute atomic E-state index is 0. The predicted octanol–water partition coefficient (Wildman–Crippen LogP) is 2.07. The van der Waals surface area contributed by atoms with Crippen molar-refractivity contribution in [3.05, 3.63) is 65.5 Å². The number of guanidine groups is 1. The van der Waals surface area contributed by atoms with Crippen molar-refractivity contribution in [3.63, 3.8) is 0 Å². The molecule has 6 nitrogen and oxygen atoms in total. The molecule has 0 unspecified atom stereocenters. The Hall–Kier alpha value is -2.30. The Morgan fingerprint density at radius 2 is 1.92 bits per heavy atom. The van der Waals surface area contributed by atoms with Gasteiger partial charge in [0.25, 0.3) is 5.91 Å². The quantitative estimate of drug-likeness (QED) is 0.259. The molecule has 2 aromatic rings. The topological polar surface area (TPSA) is 78.4 Å². The van der Waals surface area contributed by atoms with Crippen molar-refractivity contribution < 1.29 is 13.6 Å². The van der Waals surface area contributed by atoms with Crippen molar-refractivity contribution in [2.45, 2.75) is 6.54 Å². The summed E-state index contributed by atoms with van der Waals surface area (Å²) in [5.41, 5.74) is 0.680. The van der Waals surface area contributed by atoms with Crippen molar-refractivity contribution in [2.75, 3.05) is 20.1 Å². The van der Waals surface area contributed by atoms with Gasteiger partial charge in [-0.1, -0.05) is 0 Å². The molecule has 1 aromatic heterocycles. The standard InChI is InChI=1S/C17H19F2N5O.HI/c1-20-17(24-11-13-9-14(18)4-5-15(13)19)23-8-7-22-16(25)12-3-2-6-21-10-12;/h2-6,9-10H,7-8,11H2,1H3,(H,22,25)(H2,20,23,24);1H. The van der Waals surface area contributed by atoms with E-state index in [2.05, 4.69) is 25.9 Å². The molecule has 0 saturated heterocycles. The van der Waals surface area contributed by atoms with Gasteiger partial charge in [0.15, 0.2) is 5.96 Å². The van der Waals surface area contributed by atoms with Crippen LogP contribution in [0.2, 0.25) is 0 Å². The summed E-state index contributed by atoms with van der Waals surface area (Å²) in [5.74, 6) is -0.800. The molecule has 0 aliphatic heterocycles. The average Bonchev–Trinajstić information content (AvgIpc) is 2.64. The van der Waals surface area contributed by atoms with Crippen LogP contribution in [0.4, 0.5) is 8.78 Å². The normalized spacial score (nSPS) is 10.7. The summed E-state index contributed by atoms with van der Waals surface area (Å²) < 4.78 is 26.7. The Morgan fingerprint density at radius 1 is 1.15 bits per heavy atom. The fourth-order valence-electron chi connectivity index (χ4n) is 2.03. The van der Waals surface area contributed by atoms with E-state index < -0.39 is 11.6 Å². The first kappa shape index (κ1) is 21.7. The molecule has 0 radical (unpaired) electrons. The molecule has 0 saturated carbocycles. The SMILES string of the molecule is CN=C(NCCNC(=O)c1cccnc1)NCc1cc(F)ccc1F.I. The summed E-state index contributed by atoms with van der Waals surface area (Å²) in [6.07, 6.45) is 3.08. The molecule has 1 heterocycles. The molecule has 0 bridgehead atoms. The number of hydrogen-bond donors (Lipinski definition) is 3. The lowest BCUT2D eigenvalue weighted by Gasteiger charge is -2.13. The number of halogens is 3. The number of amides is 1. The molecular weight excluding hydrogens is 455 g/mol. The minimum Gasteiger partial charge on any atom is -0.355 e. The third-order valence-corrected chi connectivity index (χ3v) is 3.30. The monoisotopic (exact) mass is 475 g/mol. The number of hydrogen-bond acceptors (Lipinski definition) is 3. The van der Waals surface area contributed by atoms with Gasteiger partial charge in [-0.2, -0.15) is 0 Å². The lowest BCUT2D eigenvalue weighted by atomic mass is 10.2. The third kappa shape index (κ3) is 6.90. The number of rotatable bonds is 6. The summed E-state index contributed by atoms with van der Waals surface area (Å²) >= 11 is 0. The number of aliphatic imine (C=N–C) groups is 1. The van der Waals surface area contributed by atoms with E-state index in [9.17, 15) is 13.6 Å². The fourth-order valence-corrected chi connectivity index (χ4v) is 2.03. The Balaban J connectivity index is 0.00000338. The number of aromatic nitrogens is 1. The van der Waals surface area contributed by atoms with Gasteiger partial charge in [-0.15, -0.1) is 24.0 Å². The number of nitrogens with one attached hydrogen (secondary N) is 3. The zero-order valence-electron chi connectivity index (χ0n) is 14.1. The molecule has 140 valence electrons. The van der Waals surface area contributed by atoms with Crippen molar-refractivity contribution >= 4 is 35.8 Å². The highest BCUT2D eigenvalue weighted by Gasteiger charge is 2.06.